The maximum absolute atomic E-state index is 13.1. The van der Waals surface area contributed by atoms with Crippen LogP contribution in [0.25, 0.3) is 11.1 Å². The second-order valence-corrected chi connectivity index (χ2v) is 9.52. The number of ether oxygens (including phenoxy) is 1. The first-order chi connectivity index (χ1) is 18.7. The minimum atomic E-state index is -4.55. The molecule has 0 unspecified atom stereocenters. The number of amides is 1. The molecule has 1 aliphatic heterocycles. The second kappa shape index (κ2) is 12.6. The van der Waals surface area contributed by atoms with Gasteiger partial charge < -0.3 is 25.2 Å². The third-order valence-corrected chi connectivity index (χ3v) is 6.79. The number of carbonyl (C=O) groups excluding carboxylic acids is 1. The second-order valence-electron chi connectivity index (χ2n) is 9.52. The van der Waals surface area contributed by atoms with Crippen molar-refractivity contribution in [3.05, 3.63) is 77.0 Å². The van der Waals surface area contributed by atoms with Crippen molar-refractivity contribution in [1.82, 2.24) is 4.98 Å². The molecule has 1 amide bonds. The lowest BCUT2D eigenvalue weighted by Gasteiger charge is -2.27. The first kappa shape index (κ1) is 28.5. The summed E-state index contributed by atoms with van der Waals surface area (Å²) in [6.07, 6.45) is -2.90. The van der Waals surface area contributed by atoms with Crippen LogP contribution in [0.1, 0.15) is 45.9 Å². The Morgan fingerprint density at radius 3 is 2.44 bits per heavy atom. The van der Waals surface area contributed by atoms with Gasteiger partial charge in [0.2, 0.25) is 0 Å². The smallest absolute Gasteiger partial charge is 0.395 e. The van der Waals surface area contributed by atoms with E-state index in [1.807, 2.05) is 30.0 Å². The zero-order valence-electron chi connectivity index (χ0n) is 21.7. The zero-order valence-corrected chi connectivity index (χ0v) is 21.7. The molecular formula is C29H32F3N3O4. The molecule has 1 aliphatic rings. The predicted molar refractivity (Wildman–Crippen MR) is 143 cm³/mol. The summed E-state index contributed by atoms with van der Waals surface area (Å²) in [7, 11) is 0. The summed E-state index contributed by atoms with van der Waals surface area (Å²) < 4.78 is 44.9. The Hall–Kier alpha value is -3.47. The van der Waals surface area contributed by atoms with Gasteiger partial charge in [0.1, 0.15) is 5.82 Å². The number of aliphatic hydroxyl groups is 2. The summed E-state index contributed by atoms with van der Waals surface area (Å²) in [5.41, 5.74) is 2.93. The van der Waals surface area contributed by atoms with Crippen molar-refractivity contribution < 1.29 is 32.9 Å². The summed E-state index contributed by atoms with van der Waals surface area (Å²) in [5.74, 6) is 0.160. The molecule has 208 valence electrons. The lowest BCUT2D eigenvalue weighted by Crippen LogP contribution is -2.31. The standard InChI is InChI=1S/C29H32F3N3O4/c1-19-5-6-24(33-28(38)21-3-2-4-23(15-21)29(30,31)32)18-25(19)22-16-26(20-7-13-39-14-8-20)34-27(17-22)35(9-11-36)10-12-37/h2-6,15-18,20,36-37H,7-14H2,1H3,(H,33,38). The minimum Gasteiger partial charge on any atom is -0.395 e. The Labute approximate surface area is 225 Å². The van der Waals surface area contributed by atoms with Gasteiger partial charge in [-0.2, -0.15) is 13.2 Å². The topological polar surface area (TPSA) is 94.9 Å². The maximum atomic E-state index is 13.1. The number of alkyl halides is 3. The third-order valence-electron chi connectivity index (χ3n) is 6.79. The van der Waals surface area contributed by atoms with Crippen molar-refractivity contribution >= 4 is 17.4 Å². The molecule has 0 spiro atoms. The minimum absolute atomic E-state index is 0.0939. The molecular weight excluding hydrogens is 511 g/mol. The molecule has 0 aliphatic carbocycles. The number of carbonyl (C=O) groups is 1. The number of benzene rings is 2. The number of pyridine rings is 1. The molecule has 0 radical (unpaired) electrons. The molecule has 1 fully saturated rings. The van der Waals surface area contributed by atoms with Gasteiger partial charge in [-0.1, -0.05) is 12.1 Å². The Morgan fingerprint density at radius 1 is 1.05 bits per heavy atom. The molecule has 39 heavy (non-hydrogen) atoms. The van der Waals surface area contributed by atoms with E-state index in [0.29, 0.717) is 37.8 Å². The summed E-state index contributed by atoms with van der Waals surface area (Å²) in [5, 5.41) is 21.9. The molecule has 0 saturated carbocycles. The number of hydrogen-bond donors (Lipinski definition) is 3. The first-order valence-corrected chi connectivity index (χ1v) is 12.9. The number of nitrogens with zero attached hydrogens (tertiary/aromatic N) is 2. The number of aryl methyl sites for hydroxylation is 1. The fraction of sp³-hybridized carbons (Fsp3) is 0.379. The SMILES string of the molecule is Cc1ccc(NC(=O)c2cccc(C(F)(F)F)c2)cc1-c1cc(C2CCOCC2)nc(N(CCO)CCO)c1. The Bertz CT molecular complexity index is 1290. The molecule has 4 rings (SSSR count). The van der Waals surface area contributed by atoms with E-state index in [-0.39, 0.29) is 24.7 Å². The van der Waals surface area contributed by atoms with Crippen LogP contribution in [-0.4, -0.2) is 60.6 Å². The van der Waals surface area contributed by atoms with Gasteiger partial charge in [0.05, 0.1) is 18.8 Å². The molecule has 10 heteroatoms. The van der Waals surface area contributed by atoms with Crippen molar-refractivity contribution in [2.45, 2.75) is 31.9 Å². The van der Waals surface area contributed by atoms with Gasteiger partial charge in [0.25, 0.3) is 5.91 Å². The van der Waals surface area contributed by atoms with Gasteiger partial charge in [-0.05, 0) is 78.9 Å². The largest absolute Gasteiger partial charge is 0.416 e. The van der Waals surface area contributed by atoms with E-state index < -0.39 is 17.6 Å². The van der Waals surface area contributed by atoms with E-state index in [9.17, 15) is 28.2 Å². The van der Waals surface area contributed by atoms with Gasteiger partial charge in [0.15, 0.2) is 0 Å². The van der Waals surface area contributed by atoms with Crippen molar-refractivity contribution in [3.63, 3.8) is 0 Å². The molecule has 0 atom stereocenters. The average molecular weight is 544 g/mol. The van der Waals surface area contributed by atoms with Crippen LogP contribution < -0.4 is 10.2 Å². The maximum Gasteiger partial charge on any atom is 0.416 e. The molecule has 1 aromatic heterocycles. The first-order valence-electron chi connectivity index (χ1n) is 12.9. The van der Waals surface area contributed by atoms with Crippen LogP contribution in [0.15, 0.2) is 54.6 Å². The number of nitrogens with one attached hydrogen (secondary N) is 1. The summed E-state index contributed by atoms with van der Waals surface area (Å²) >= 11 is 0. The number of rotatable bonds is 9. The van der Waals surface area contributed by atoms with Crippen LogP contribution in [0.3, 0.4) is 0 Å². The van der Waals surface area contributed by atoms with E-state index in [0.717, 1.165) is 47.4 Å². The van der Waals surface area contributed by atoms with E-state index in [1.165, 1.54) is 12.1 Å². The average Bonchev–Trinajstić information content (AvgIpc) is 2.94. The lowest BCUT2D eigenvalue weighted by molar-refractivity contribution is -0.137. The van der Waals surface area contributed by atoms with Crippen LogP contribution in [-0.2, 0) is 10.9 Å². The summed E-state index contributed by atoms with van der Waals surface area (Å²) in [4.78, 5) is 19.5. The molecule has 2 heterocycles. The summed E-state index contributed by atoms with van der Waals surface area (Å²) in [6.45, 7) is 3.61. The third kappa shape index (κ3) is 7.14. The van der Waals surface area contributed by atoms with Crippen molar-refractivity contribution in [3.8, 4) is 11.1 Å². The van der Waals surface area contributed by atoms with Crippen LogP contribution in [0.5, 0.6) is 0 Å². The zero-order chi connectivity index (χ0) is 28.0. The van der Waals surface area contributed by atoms with E-state index in [4.69, 9.17) is 9.72 Å². The Morgan fingerprint density at radius 2 is 1.77 bits per heavy atom. The lowest BCUT2D eigenvalue weighted by atomic mass is 9.92. The van der Waals surface area contributed by atoms with E-state index >= 15 is 0 Å². The van der Waals surface area contributed by atoms with Gasteiger partial charge in [-0.3, -0.25) is 4.79 Å². The highest BCUT2D eigenvalue weighted by Gasteiger charge is 2.31. The summed E-state index contributed by atoms with van der Waals surface area (Å²) in [6, 6.07) is 13.5. The van der Waals surface area contributed by atoms with Crippen LogP contribution >= 0.6 is 0 Å². The van der Waals surface area contributed by atoms with Gasteiger partial charge in [-0.15, -0.1) is 0 Å². The quantitative estimate of drug-likeness (QED) is 0.351. The van der Waals surface area contributed by atoms with Crippen LogP contribution in [0.4, 0.5) is 24.7 Å². The van der Waals surface area contributed by atoms with Gasteiger partial charge in [-0.25, -0.2) is 4.98 Å². The number of anilines is 2. The number of halogens is 3. The number of aromatic nitrogens is 1. The highest BCUT2D eigenvalue weighted by Crippen LogP contribution is 2.35. The Kier molecular flexibility index (Phi) is 9.21. The van der Waals surface area contributed by atoms with Crippen LogP contribution in [0.2, 0.25) is 0 Å². The van der Waals surface area contributed by atoms with Gasteiger partial charge >= 0.3 is 6.18 Å². The van der Waals surface area contributed by atoms with Crippen molar-refractivity contribution in [1.29, 1.82) is 0 Å². The number of aliphatic hydroxyl groups excluding tert-OH is 2. The fourth-order valence-electron chi connectivity index (χ4n) is 4.69. The van der Waals surface area contributed by atoms with Crippen LogP contribution in [0, 0.1) is 6.92 Å². The molecule has 2 aromatic carbocycles. The van der Waals surface area contributed by atoms with E-state index in [1.54, 1.807) is 12.1 Å². The highest BCUT2D eigenvalue weighted by molar-refractivity contribution is 6.04. The Balaban J connectivity index is 1.69. The number of hydrogen-bond acceptors (Lipinski definition) is 6. The normalized spacial score (nSPS) is 14.3. The monoisotopic (exact) mass is 543 g/mol. The predicted octanol–water partition coefficient (Wildman–Crippen LogP) is 5.01. The van der Waals surface area contributed by atoms with Gasteiger partial charge in [0, 0.05) is 49.2 Å². The van der Waals surface area contributed by atoms with E-state index in [2.05, 4.69) is 5.32 Å². The van der Waals surface area contributed by atoms with Crippen molar-refractivity contribution in [2.75, 3.05) is 49.7 Å². The van der Waals surface area contributed by atoms with Crippen molar-refractivity contribution in [2.24, 2.45) is 0 Å². The molecule has 3 aromatic rings. The fourth-order valence-corrected chi connectivity index (χ4v) is 4.69. The molecule has 1 saturated heterocycles. The molecule has 3 N–H and O–H groups in total. The molecule has 7 nitrogen and oxygen atoms in total. The molecule has 0 bridgehead atoms. The highest BCUT2D eigenvalue weighted by atomic mass is 19.4.